The molecule has 1 rings (SSSR count). The van der Waals surface area contributed by atoms with Crippen LogP contribution < -0.4 is 0 Å². The summed E-state index contributed by atoms with van der Waals surface area (Å²) in [7, 11) is 0. The lowest BCUT2D eigenvalue weighted by Gasteiger charge is -1.96. The van der Waals surface area contributed by atoms with Gasteiger partial charge in [0.25, 0.3) is 0 Å². The summed E-state index contributed by atoms with van der Waals surface area (Å²) in [5, 5.41) is 0.802. The third-order valence-corrected chi connectivity index (χ3v) is 3.43. The van der Waals surface area contributed by atoms with Gasteiger partial charge in [-0.1, -0.05) is 35.2 Å². The molecule has 0 saturated heterocycles. The van der Waals surface area contributed by atoms with Crippen molar-refractivity contribution in [3.8, 4) is 11.8 Å². The number of rotatable bonds is 2. The van der Waals surface area contributed by atoms with Crippen LogP contribution in [0, 0.1) is 11.8 Å². The van der Waals surface area contributed by atoms with Crippen LogP contribution in [0.25, 0.3) is 0 Å². The summed E-state index contributed by atoms with van der Waals surface area (Å²) in [5.41, 5.74) is 0.875. The van der Waals surface area contributed by atoms with Crippen LogP contribution in [0.2, 0.25) is 5.02 Å². The monoisotopic (exact) mass is 316 g/mol. The highest BCUT2D eigenvalue weighted by Crippen LogP contribution is 2.20. The Labute approximate surface area is 113 Å². The van der Waals surface area contributed by atoms with Crippen molar-refractivity contribution in [2.75, 3.05) is 5.75 Å². The minimum absolute atomic E-state index is 0.130. The molecule has 84 valence electrons. The molecule has 0 heterocycles. The minimum Gasteiger partial charge on any atom is -0.288 e. The van der Waals surface area contributed by atoms with E-state index in [0.29, 0.717) is 11.4 Å². The van der Waals surface area contributed by atoms with Crippen molar-refractivity contribution in [2.45, 2.75) is 13.3 Å². The second-order valence-electron chi connectivity index (χ2n) is 3.02. The Kier molecular flexibility index (Phi) is 5.97. The molecule has 0 saturated carbocycles. The number of carbonyl (C=O) groups excluding carboxylic acids is 1. The van der Waals surface area contributed by atoms with E-state index in [1.807, 2.05) is 18.2 Å². The average molecular weight is 318 g/mol. The van der Waals surface area contributed by atoms with Crippen LogP contribution >= 0.6 is 39.3 Å². The minimum atomic E-state index is 0.130. The lowest BCUT2D eigenvalue weighted by molar-refractivity contribution is -0.109. The van der Waals surface area contributed by atoms with Gasteiger partial charge in [0.15, 0.2) is 5.12 Å². The maximum absolute atomic E-state index is 10.7. The van der Waals surface area contributed by atoms with E-state index < -0.39 is 0 Å². The highest BCUT2D eigenvalue weighted by Gasteiger charge is 1.96. The molecule has 1 aromatic rings. The van der Waals surface area contributed by atoms with Gasteiger partial charge in [0.2, 0.25) is 0 Å². The predicted octanol–water partition coefficient (Wildman–Crippen LogP) is 4.12. The van der Waals surface area contributed by atoms with Crippen molar-refractivity contribution >= 4 is 44.4 Å². The molecule has 16 heavy (non-hydrogen) atoms. The van der Waals surface area contributed by atoms with E-state index in [1.54, 1.807) is 6.92 Å². The molecule has 0 aromatic heterocycles. The van der Waals surface area contributed by atoms with Gasteiger partial charge in [-0.25, -0.2) is 0 Å². The van der Waals surface area contributed by atoms with Crippen LogP contribution in [0.4, 0.5) is 0 Å². The summed E-state index contributed by atoms with van der Waals surface area (Å²) in [6.07, 6.45) is 0.698. The van der Waals surface area contributed by atoms with Crippen LogP contribution in [0.1, 0.15) is 18.9 Å². The fourth-order valence-corrected chi connectivity index (χ4v) is 2.01. The second kappa shape index (κ2) is 7.01. The lowest BCUT2D eigenvalue weighted by atomic mass is 10.2. The molecule has 0 aliphatic heterocycles. The zero-order valence-corrected chi connectivity index (χ0v) is 11.9. The number of thioether (sulfide) groups is 1. The molecule has 1 aromatic carbocycles. The smallest absolute Gasteiger partial charge is 0.185 e. The molecular formula is C12H10BrClOS. The standard InChI is InChI=1S/C12H10BrClOS/c1-9(15)16-7-3-2-4-10-8-11(14)5-6-12(10)13/h5-6,8H,3,7H2,1H3. The molecule has 0 aliphatic rings. The first-order chi connectivity index (χ1) is 7.59. The van der Waals surface area contributed by atoms with Gasteiger partial charge in [-0.2, -0.15) is 0 Å². The average Bonchev–Trinajstić information content (AvgIpc) is 2.22. The van der Waals surface area contributed by atoms with Crippen molar-refractivity contribution in [3.05, 3.63) is 33.3 Å². The maximum Gasteiger partial charge on any atom is 0.185 e. The van der Waals surface area contributed by atoms with Crippen molar-refractivity contribution in [1.29, 1.82) is 0 Å². The van der Waals surface area contributed by atoms with E-state index >= 15 is 0 Å². The number of carbonyl (C=O) groups is 1. The Bertz CT molecular complexity index is 448. The topological polar surface area (TPSA) is 17.1 Å². The highest BCUT2D eigenvalue weighted by atomic mass is 79.9. The molecule has 0 unspecified atom stereocenters. The molecule has 0 N–H and O–H groups in total. The Hall–Kier alpha value is -0.430. The van der Waals surface area contributed by atoms with Crippen LogP contribution in [0.3, 0.4) is 0 Å². The van der Waals surface area contributed by atoms with Crippen molar-refractivity contribution in [1.82, 2.24) is 0 Å². The third kappa shape index (κ3) is 5.07. The number of halogens is 2. The molecule has 0 spiro atoms. The van der Waals surface area contributed by atoms with E-state index in [9.17, 15) is 4.79 Å². The third-order valence-electron chi connectivity index (χ3n) is 1.68. The van der Waals surface area contributed by atoms with Crippen LogP contribution in [0.15, 0.2) is 22.7 Å². The summed E-state index contributed by atoms with van der Waals surface area (Å²) >= 11 is 10.6. The molecule has 0 fully saturated rings. The van der Waals surface area contributed by atoms with Gasteiger partial charge >= 0.3 is 0 Å². The first-order valence-corrected chi connectivity index (χ1v) is 6.82. The number of benzene rings is 1. The quantitative estimate of drug-likeness (QED) is 0.603. The van der Waals surface area contributed by atoms with Crippen molar-refractivity contribution in [3.63, 3.8) is 0 Å². The van der Waals surface area contributed by atoms with Crippen LogP contribution in [0.5, 0.6) is 0 Å². The first kappa shape index (κ1) is 13.6. The van der Waals surface area contributed by atoms with Gasteiger partial charge in [0.05, 0.1) is 0 Å². The van der Waals surface area contributed by atoms with E-state index in [-0.39, 0.29) is 5.12 Å². The summed E-state index contributed by atoms with van der Waals surface area (Å²) in [5.74, 6) is 6.77. The molecule has 0 radical (unpaired) electrons. The SMILES string of the molecule is CC(=O)SCCC#Cc1cc(Cl)ccc1Br. The van der Waals surface area contributed by atoms with E-state index in [2.05, 4.69) is 27.8 Å². The van der Waals surface area contributed by atoms with Gasteiger partial charge < -0.3 is 0 Å². The Balaban J connectivity index is 2.56. The van der Waals surface area contributed by atoms with Gasteiger partial charge in [-0.3, -0.25) is 4.79 Å². The molecular weight excluding hydrogens is 308 g/mol. The molecule has 0 bridgehead atoms. The zero-order valence-electron chi connectivity index (χ0n) is 8.72. The summed E-state index contributed by atoms with van der Waals surface area (Å²) in [4.78, 5) is 10.7. The van der Waals surface area contributed by atoms with Crippen LogP contribution in [-0.2, 0) is 4.79 Å². The molecule has 4 heteroatoms. The van der Waals surface area contributed by atoms with E-state index in [0.717, 1.165) is 15.8 Å². The molecule has 1 nitrogen and oxygen atoms in total. The second-order valence-corrected chi connectivity index (χ2v) is 5.58. The van der Waals surface area contributed by atoms with Gasteiger partial charge in [-0.15, -0.1) is 0 Å². The first-order valence-electron chi connectivity index (χ1n) is 4.67. The Morgan fingerprint density at radius 3 is 3.00 bits per heavy atom. The van der Waals surface area contributed by atoms with E-state index in [4.69, 9.17) is 11.6 Å². The molecule has 0 atom stereocenters. The summed E-state index contributed by atoms with van der Waals surface area (Å²) in [6.45, 7) is 1.56. The molecule has 0 aliphatic carbocycles. The normalized spacial score (nSPS) is 9.44. The lowest BCUT2D eigenvalue weighted by Crippen LogP contribution is -1.84. The largest absolute Gasteiger partial charge is 0.288 e. The maximum atomic E-state index is 10.7. The van der Waals surface area contributed by atoms with E-state index in [1.165, 1.54) is 11.8 Å². The number of hydrogen-bond acceptors (Lipinski definition) is 2. The van der Waals surface area contributed by atoms with Crippen LogP contribution in [-0.4, -0.2) is 10.9 Å². The Morgan fingerprint density at radius 1 is 1.56 bits per heavy atom. The van der Waals surface area contributed by atoms with Crippen molar-refractivity contribution in [2.24, 2.45) is 0 Å². The fourth-order valence-electron chi connectivity index (χ4n) is 0.997. The Morgan fingerprint density at radius 2 is 2.31 bits per heavy atom. The fraction of sp³-hybridized carbons (Fsp3) is 0.250. The van der Waals surface area contributed by atoms with Gasteiger partial charge in [0, 0.05) is 34.2 Å². The van der Waals surface area contributed by atoms with Gasteiger partial charge in [0.1, 0.15) is 0 Å². The van der Waals surface area contributed by atoms with Gasteiger partial charge in [-0.05, 0) is 34.1 Å². The molecule has 0 amide bonds. The van der Waals surface area contributed by atoms with Crippen molar-refractivity contribution < 1.29 is 4.79 Å². The predicted molar refractivity (Wildman–Crippen MR) is 73.8 cm³/mol. The highest BCUT2D eigenvalue weighted by molar-refractivity contribution is 9.10. The summed E-state index contributed by atoms with van der Waals surface area (Å²) in [6, 6.07) is 5.50. The zero-order chi connectivity index (χ0) is 12.0. The number of hydrogen-bond donors (Lipinski definition) is 0. The summed E-state index contributed by atoms with van der Waals surface area (Å²) < 4.78 is 0.934.